The van der Waals surface area contributed by atoms with Gasteiger partial charge in [-0.25, -0.2) is 0 Å². The van der Waals surface area contributed by atoms with Crippen molar-refractivity contribution in [2.75, 3.05) is 22.9 Å². The van der Waals surface area contributed by atoms with Crippen molar-refractivity contribution in [1.29, 1.82) is 0 Å². The minimum Gasteiger partial charge on any atom is -0.370 e. The molecular weight excluding hydrogens is 510 g/mol. The van der Waals surface area contributed by atoms with Crippen LogP contribution in [-0.4, -0.2) is 27.8 Å². The first kappa shape index (κ1) is 25.0. The maximum absolute atomic E-state index is 6.99. The molecule has 0 spiro atoms. The quantitative estimate of drug-likeness (QED) is 0.271. The molecule has 7 heteroatoms. The second-order valence-corrected chi connectivity index (χ2v) is 11.4. The molecule has 1 N–H and O–H groups in total. The zero-order chi connectivity index (χ0) is 26.2. The van der Waals surface area contributed by atoms with Crippen molar-refractivity contribution in [3.63, 3.8) is 0 Å². The maximum Gasteiger partial charge on any atom is 0.174 e. The van der Waals surface area contributed by atoms with Crippen LogP contribution in [0.2, 0.25) is 5.02 Å². The molecule has 194 valence electrons. The fourth-order valence-electron chi connectivity index (χ4n) is 6.15. The van der Waals surface area contributed by atoms with E-state index >= 15 is 0 Å². The Morgan fingerprint density at radius 3 is 2.37 bits per heavy atom. The molecule has 6 rings (SSSR count). The Hall–Kier alpha value is -3.35. The summed E-state index contributed by atoms with van der Waals surface area (Å²) in [6.45, 7) is 6.71. The summed E-state index contributed by atoms with van der Waals surface area (Å²) in [5.74, 6) is 1.30. The summed E-state index contributed by atoms with van der Waals surface area (Å²) < 4.78 is 2.23. The standard InChI is InChI=1S/C31H32ClN5S/c1-21-17-22(2)20-35(19-21)27-14-13-24(18-25(27)32)37-30(29(34-31(37)38)26-11-6-7-15-33-26)28-12-8-16-36(28)23-9-4-3-5-10-23/h3-16,18,21-22,29-30H,17,19-20H2,1-2H3,(H,34,38). The molecule has 5 nitrogen and oxygen atoms in total. The summed E-state index contributed by atoms with van der Waals surface area (Å²) in [6, 6.07) is 26.8. The summed E-state index contributed by atoms with van der Waals surface area (Å²) in [6.07, 6.45) is 5.20. The van der Waals surface area contributed by atoms with Crippen LogP contribution in [0.4, 0.5) is 11.4 Å². The lowest BCUT2D eigenvalue weighted by molar-refractivity contribution is 0.357. The molecule has 2 fully saturated rings. The van der Waals surface area contributed by atoms with Crippen LogP contribution in [0.3, 0.4) is 0 Å². The predicted molar refractivity (Wildman–Crippen MR) is 160 cm³/mol. The van der Waals surface area contributed by atoms with Gasteiger partial charge in [-0.05, 0) is 85.1 Å². The summed E-state index contributed by atoms with van der Waals surface area (Å²) in [7, 11) is 0. The number of benzene rings is 2. The molecule has 4 heterocycles. The number of hydrogen-bond acceptors (Lipinski definition) is 3. The van der Waals surface area contributed by atoms with Crippen molar-refractivity contribution < 1.29 is 0 Å². The normalized spacial score (nSPS) is 23.5. The van der Waals surface area contributed by atoms with Crippen LogP contribution in [0.15, 0.2) is 91.3 Å². The zero-order valence-electron chi connectivity index (χ0n) is 21.7. The minimum absolute atomic E-state index is 0.121. The van der Waals surface area contributed by atoms with Crippen LogP contribution >= 0.6 is 23.8 Å². The van der Waals surface area contributed by atoms with E-state index in [1.807, 2.05) is 24.4 Å². The molecule has 0 bridgehead atoms. The number of piperidine rings is 1. The van der Waals surface area contributed by atoms with Crippen molar-refractivity contribution in [1.82, 2.24) is 14.9 Å². The highest BCUT2D eigenvalue weighted by atomic mass is 35.5. The molecule has 0 radical (unpaired) electrons. The first-order valence-corrected chi connectivity index (χ1v) is 14.1. The number of rotatable bonds is 5. The van der Waals surface area contributed by atoms with Gasteiger partial charge in [-0.2, -0.15) is 0 Å². The highest BCUT2D eigenvalue weighted by Gasteiger charge is 2.42. The highest BCUT2D eigenvalue weighted by Crippen LogP contribution is 2.44. The van der Waals surface area contributed by atoms with E-state index in [4.69, 9.17) is 28.8 Å². The molecule has 4 unspecified atom stereocenters. The number of halogens is 1. The largest absolute Gasteiger partial charge is 0.370 e. The molecule has 4 aromatic rings. The molecule has 0 aliphatic carbocycles. The lowest BCUT2D eigenvalue weighted by atomic mass is 9.91. The van der Waals surface area contributed by atoms with Gasteiger partial charge in [-0.3, -0.25) is 4.98 Å². The predicted octanol–water partition coefficient (Wildman–Crippen LogP) is 7.19. The third kappa shape index (κ3) is 4.67. The van der Waals surface area contributed by atoms with Crippen LogP contribution < -0.4 is 15.1 Å². The topological polar surface area (TPSA) is 36.3 Å². The Balaban J connectivity index is 1.42. The van der Waals surface area contributed by atoms with Gasteiger partial charge < -0.3 is 19.7 Å². The number of thiocarbonyl (C=S) groups is 1. The fraction of sp³-hybridized carbons (Fsp3) is 0.290. The Morgan fingerprint density at radius 2 is 1.66 bits per heavy atom. The molecule has 0 saturated carbocycles. The Morgan fingerprint density at radius 1 is 0.895 bits per heavy atom. The summed E-state index contributed by atoms with van der Waals surface area (Å²) >= 11 is 13.0. The summed E-state index contributed by atoms with van der Waals surface area (Å²) in [4.78, 5) is 9.33. The summed E-state index contributed by atoms with van der Waals surface area (Å²) in [5.41, 5.74) is 5.24. The average Bonchev–Trinajstić information content (AvgIpc) is 3.53. The molecule has 2 saturated heterocycles. The van der Waals surface area contributed by atoms with Gasteiger partial charge in [0, 0.05) is 42.6 Å². The molecule has 0 amide bonds. The van der Waals surface area contributed by atoms with Crippen LogP contribution in [0.1, 0.15) is 43.7 Å². The third-order valence-electron chi connectivity index (χ3n) is 7.63. The monoisotopic (exact) mass is 541 g/mol. The van der Waals surface area contributed by atoms with Crippen LogP contribution in [0.25, 0.3) is 5.69 Å². The van der Waals surface area contributed by atoms with Crippen molar-refractivity contribution in [2.45, 2.75) is 32.4 Å². The molecule has 2 aliphatic rings. The first-order valence-electron chi connectivity index (χ1n) is 13.3. The maximum atomic E-state index is 6.99. The van der Waals surface area contributed by atoms with Gasteiger partial charge in [0.05, 0.1) is 22.4 Å². The van der Waals surface area contributed by atoms with Gasteiger partial charge >= 0.3 is 0 Å². The number of anilines is 2. The minimum atomic E-state index is -0.122. The van der Waals surface area contributed by atoms with Gasteiger partial charge in [0.2, 0.25) is 0 Å². The van der Waals surface area contributed by atoms with E-state index in [0.717, 1.165) is 46.6 Å². The van der Waals surface area contributed by atoms with Gasteiger partial charge in [0.15, 0.2) is 5.11 Å². The Bertz CT molecular complexity index is 1410. The van der Waals surface area contributed by atoms with Crippen LogP contribution in [0.5, 0.6) is 0 Å². The smallest absolute Gasteiger partial charge is 0.174 e. The van der Waals surface area contributed by atoms with Gasteiger partial charge in [-0.15, -0.1) is 0 Å². The number of pyridine rings is 1. The van der Waals surface area contributed by atoms with Crippen LogP contribution in [0, 0.1) is 11.8 Å². The Kier molecular flexibility index (Phi) is 6.85. The Labute approximate surface area is 235 Å². The highest BCUT2D eigenvalue weighted by molar-refractivity contribution is 7.80. The van der Waals surface area contributed by atoms with Crippen molar-refractivity contribution in [3.8, 4) is 5.69 Å². The number of para-hydroxylation sites is 1. The molecule has 2 aromatic heterocycles. The molecule has 4 atom stereocenters. The van der Waals surface area contributed by atoms with E-state index in [2.05, 4.69) is 100 Å². The van der Waals surface area contributed by atoms with E-state index in [1.54, 1.807) is 0 Å². The average molecular weight is 542 g/mol. The van der Waals surface area contributed by atoms with Crippen molar-refractivity contribution in [2.24, 2.45) is 11.8 Å². The second-order valence-electron chi connectivity index (χ2n) is 10.6. The van der Waals surface area contributed by atoms with E-state index in [1.165, 1.54) is 6.42 Å². The zero-order valence-corrected chi connectivity index (χ0v) is 23.2. The fourth-order valence-corrected chi connectivity index (χ4v) is 6.79. The third-order valence-corrected chi connectivity index (χ3v) is 8.25. The number of nitrogens with one attached hydrogen (secondary N) is 1. The van der Waals surface area contributed by atoms with E-state index in [-0.39, 0.29) is 12.1 Å². The van der Waals surface area contributed by atoms with E-state index in [9.17, 15) is 0 Å². The van der Waals surface area contributed by atoms with E-state index in [0.29, 0.717) is 16.9 Å². The van der Waals surface area contributed by atoms with Crippen molar-refractivity contribution in [3.05, 3.63) is 108 Å². The SMILES string of the molecule is CC1CC(C)CN(c2ccc(N3C(=S)NC(c4ccccn4)C3c3cccn3-c3ccccc3)cc2Cl)C1. The van der Waals surface area contributed by atoms with Gasteiger partial charge in [0.25, 0.3) is 0 Å². The van der Waals surface area contributed by atoms with Crippen molar-refractivity contribution >= 4 is 40.3 Å². The lowest BCUT2D eigenvalue weighted by Crippen LogP contribution is -2.38. The molecule has 38 heavy (non-hydrogen) atoms. The molecule has 2 aromatic carbocycles. The number of nitrogens with zero attached hydrogens (tertiary/aromatic N) is 4. The number of hydrogen-bond donors (Lipinski definition) is 1. The van der Waals surface area contributed by atoms with Crippen LogP contribution in [-0.2, 0) is 0 Å². The molecular formula is C31H32ClN5S. The lowest BCUT2D eigenvalue weighted by Gasteiger charge is -2.37. The molecule has 2 aliphatic heterocycles. The number of aromatic nitrogens is 2. The first-order chi connectivity index (χ1) is 18.5. The summed E-state index contributed by atoms with van der Waals surface area (Å²) in [5, 5.41) is 4.99. The second kappa shape index (κ2) is 10.4. The van der Waals surface area contributed by atoms with Gasteiger partial charge in [-0.1, -0.05) is 49.7 Å². The van der Waals surface area contributed by atoms with E-state index < -0.39 is 0 Å². The van der Waals surface area contributed by atoms with Gasteiger partial charge in [0.1, 0.15) is 6.04 Å².